The average Bonchev–Trinajstić information content (AvgIpc) is 2.65. The number of anilines is 3. The molecule has 0 aliphatic rings. The molecule has 3 aromatic carbocycles. The smallest absolute Gasteiger partial charge is 0.0865 e. The van der Waals surface area contributed by atoms with Crippen LogP contribution in [0.25, 0.3) is 0 Å². The molecule has 0 aliphatic carbocycles. The maximum absolute atomic E-state index is 10.5. The Morgan fingerprint density at radius 2 is 1.08 bits per heavy atom. The van der Waals surface area contributed by atoms with Crippen LogP contribution in [-0.2, 0) is 5.60 Å². The highest BCUT2D eigenvalue weighted by Gasteiger charge is 2.21. The lowest BCUT2D eigenvalue weighted by atomic mass is 9.93. The van der Waals surface area contributed by atoms with Crippen LogP contribution >= 0.6 is 31.9 Å². The zero-order chi connectivity index (χ0) is 18.7. The summed E-state index contributed by atoms with van der Waals surface area (Å²) in [5, 5.41) is 10.5. The van der Waals surface area contributed by atoms with Crippen LogP contribution in [0.15, 0.2) is 81.7 Å². The number of aliphatic hydroxyl groups is 1. The standard InChI is InChI=1S/C22H21Br2NO/c1-3-22(2,26)16-4-10-19(11-5-16)25(20-12-6-17(23)7-13-20)21-14-8-18(24)9-15-21/h4-15,26H,3H2,1-2H3. The molecule has 0 aromatic heterocycles. The van der Waals surface area contributed by atoms with Gasteiger partial charge in [0.05, 0.1) is 5.60 Å². The van der Waals surface area contributed by atoms with Gasteiger partial charge in [-0.15, -0.1) is 0 Å². The molecule has 3 aromatic rings. The predicted molar refractivity (Wildman–Crippen MR) is 116 cm³/mol. The fraction of sp³-hybridized carbons (Fsp3) is 0.182. The molecule has 134 valence electrons. The van der Waals surface area contributed by atoms with E-state index in [1.807, 2.05) is 50.2 Å². The summed E-state index contributed by atoms with van der Waals surface area (Å²) in [6, 6.07) is 24.6. The first-order chi connectivity index (χ1) is 12.4. The molecule has 4 heteroatoms. The van der Waals surface area contributed by atoms with E-state index in [4.69, 9.17) is 0 Å². The van der Waals surface area contributed by atoms with Crippen molar-refractivity contribution < 1.29 is 5.11 Å². The molecule has 0 bridgehead atoms. The Kier molecular flexibility index (Phi) is 5.86. The number of hydrogen-bond donors (Lipinski definition) is 1. The minimum Gasteiger partial charge on any atom is -0.385 e. The van der Waals surface area contributed by atoms with Gasteiger partial charge in [-0.3, -0.25) is 0 Å². The highest BCUT2D eigenvalue weighted by molar-refractivity contribution is 9.10. The summed E-state index contributed by atoms with van der Waals surface area (Å²) >= 11 is 7.01. The Morgan fingerprint density at radius 1 is 0.731 bits per heavy atom. The van der Waals surface area contributed by atoms with Gasteiger partial charge >= 0.3 is 0 Å². The average molecular weight is 475 g/mol. The topological polar surface area (TPSA) is 23.5 Å². The largest absolute Gasteiger partial charge is 0.385 e. The molecule has 0 spiro atoms. The Labute approximate surface area is 171 Å². The van der Waals surface area contributed by atoms with Crippen molar-refractivity contribution in [2.45, 2.75) is 25.9 Å². The van der Waals surface area contributed by atoms with E-state index in [0.29, 0.717) is 6.42 Å². The van der Waals surface area contributed by atoms with Gasteiger partial charge in [0.1, 0.15) is 0 Å². The summed E-state index contributed by atoms with van der Waals surface area (Å²) in [6.07, 6.45) is 0.676. The molecule has 0 saturated carbocycles. The van der Waals surface area contributed by atoms with Crippen molar-refractivity contribution in [3.05, 3.63) is 87.3 Å². The van der Waals surface area contributed by atoms with E-state index < -0.39 is 5.60 Å². The van der Waals surface area contributed by atoms with Crippen molar-refractivity contribution >= 4 is 48.9 Å². The second kappa shape index (κ2) is 7.95. The van der Waals surface area contributed by atoms with Gasteiger partial charge in [0.25, 0.3) is 0 Å². The van der Waals surface area contributed by atoms with E-state index in [0.717, 1.165) is 31.6 Å². The van der Waals surface area contributed by atoms with E-state index in [9.17, 15) is 5.11 Å². The molecular formula is C22H21Br2NO. The maximum atomic E-state index is 10.5. The number of hydrogen-bond acceptors (Lipinski definition) is 2. The maximum Gasteiger partial charge on any atom is 0.0865 e. The molecule has 1 unspecified atom stereocenters. The Bertz CT molecular complexity index is 811. The Morgan fingerprint density at radius 3 is 1.42 bits per heavy atom. The minimum atomic E-state index is -0.807. The first-order valence-electron chi connectivity index (χ1n) is 8.55. The Hall–Kier alpha value is -1.62. The Balaban J connectivity index is 2.06. The van der Waals surface area contributed by atoms with E-state index >= 15 is 0 Å². The molecule has 1 atom stereocenters. The highest BCUT2D eigenvalue weighted by Crippen LogP contribution is 2.36. The second-order valence-corrected chi connectivity index (χ2v) is 8.29. The van der Waals surface area contributed by atoms with Gasteiger partial charge in [0, 0.05) is 26.0 Å². The molecule has 0 saturated heterocycles. The third kappa shape index (κ3) is 4.20. The van der Waals surface area contributed by atoms with Crippen LogP contribution in [0.2, 0.25) is 0 Å². The quantitative estimate of drug-likeness (QED) is 0.419. The molecule has 26 heavy (non-hydrogen) atoms. The summed E-state index contributed by atoms with van der Waals surface area (Å²) in [6.45, 7) is 3.84. The zero-order valence-electron chi connectivity index (χ0n) is 14.8. The van der Waals surface area contributed by atoms with Crippen molar-refractivity contribution in [3.63, 3.8) is 0 Å². The predicted octanol–water partition coefficient (Wildman–Crippen LogP) is 7.30. The molecular weight excluding hydrogens is 454 g/mol. The molecule has 0 radical (unpaired) electrons. The van der Waals surface area contributed by atoms with Gasteiger partial charge in [-0.05, 0) is 79.6 Å². The summed E-state index contributed by atoms with van der Waals surface area (Å²) in [4.78, 5) is 2.20. The van der Waals surface area contributed by atoms with E-state index in [1.165, 1.54) is 0 Å². The molecule has 0 aliphatic heterocycles. The number of rotatable bonds is 5. The summed E-state index contributed by atoms with van der Waals surface area (Å²) in [7, 11) is 0. The van der Waals surface area contributed by atoms with E-state index in [2.05, 4.69) is 73.2 Å². The van der Waals surface area contributed by atoms with E-state index in [-0.39, 0.29) is 0 Å². The van der Waals surface area contributed by atoms with Crippen molar-refractivity contribution in [1.29, 1.82) is 0 Å². The first-order valence-corrected chi connectivity index (χ1v) is 10.1. The van der Waals surface area contributed by atoms with E-state index in [1.54, 1.807) is 0 Å². The van der Waals surface area contributed by atoms with Gasteiger partial charge in [-0.2, -0.15) is 0 Å². The third-order valence-electron chi connectivity index (χ3n) is 4.61. The molecule has 1 N–H and O–H groups in total. The van der Waals surface area contributed by atoms with Crippen molar-refractivity contribution in [2.24, 2.45) is 0 Å². The zero-order valence-corrected chi connectivity index (χ0v) is 18.0. The van der Waals surface area contributed by atoms with Gasteiger partial charge in [-0.25, -0.2) is 0 Å². The van der Waals surface area contributed by atoms with Crippen LogP contribution < -0.4 is 4.90 Å². The number of benzene rings is 3. The van der Waals surface area contributed by atoms with Crippen LogP contribution in [0.3, 0.4) is 0 Å². The molecule has 0 fully saturated rings. The summed E-state index contributed by atoms with van der Waals surface area (Å²) in [5.41, 5.74) is 3.31. The molecule has 2 nitrogen and oxygen atoms in total. The van der Waals surface area contributed by atoms with Gasteiger partial charge < -0.3 is 10.0 Å². The van der Waals surface area contributed by atoms with Crippen LogP contribution in [0.4, 0.5) is 17.1 Å². The SMILES string of the molecule is CCC(C)(O)c1ccc(N(c2ccc(Br)cc2)c2ccc(Br)cc2)cc1. The van der Waals surface area contributed by atoms with Gasteiger partial charge in [0.2, 0.25) is 0 Å². The number of nitrogens with zero attached hydrogens (tertiary/aromatic N) is 1. The lowest BCUT2D eigenvalue weighted by molar-refractivity contribution is 0.0531. The number of halogens is 2. The molecule has 0 heterocycles. The fourth-order valence-electron chi connectivity index (χ4n) is 2.80. The van der Waals surface area contributed by atoms with Crippen LogP contribution in [-0.4, -0.2) is 5.11 Å². The van der Waals surface area contributed by atoms with Crippen LogP contribution in [0.1, 0.15) is 25.8 Å². The molecule has 3 rings (SSSR count). The lowest BCUT2D eigenvalue weighted by Crippen LogP contribution is -2.19. The van der Waals surface area contributed by atoms with Crippen molar-refractivity contribution in [1.82, 2.24) is 0 Å². The van der Waals surface area contributed by atoms with Crippen molar-refractivity contribution in [2.75, 3.05) is 4.90 Å². The van der Waals surface area contributed by atoms with Crippen molar-refractivity contribution in [3.8, 4) is 0 Å². The van der Waals surface area contributed by atoms with Gasteiger partial charge in [-0.1, -0.05) is 50.9 Å². The summed E-state index contributed by atoms with van der Waals surface area (Å²) in [5.74, 6) is 0. The van der Waals surface area contributed by atoms with Crippen LogP contribution in [0, 0.1) is 0 Å². The lowest BCUT2D eigenvalue weighted by Gasteiger charge is -2.27. The molecule has 0 amide bonds. The van der Waals surface area contributed by atoms with Gasteiger partial charge in [0.15, 0.2) is 0 Å². The summed E-state index contributed by atoms with van der Waals surface area (Å²) < 4.78 is 2.10. The normalized spacial score (nSPS) is 13.3. The first kappa shape index (κ1) is 19.2. The second-order valence-electron chi connectivity index (χ2n) is 6.46. The third-order valence-corrected chi connectivity index (χ3v) is 5.66. The van der Waals surface area contributed by atoms with Crippen LogP contribution in [0.5, 0.6) is 0 Å². The fourth-order valence-corrected chi connectivity index (χ4v) is 3.33. The monoisotopic (exact) mass is 473 g/mol. The highest BCUT2D eigenvalue weighted by atomic mass is 79.9. The minimum absolute atomic E-state index is 0.676.